The minimum Gasteiger partial charge on any atom is -0.462 e. The normalized spacial score (nSPS) is 30.4. The molecular weight excluding hydrogens is 320 g/mol. The van der Waals surface area contributed by atoms with Gasteiger partial charge in [-0.15, -0.1) is 0 Å². The van der Waals surface area contributed by atoms with Gasteiger partial charge in [0.05, 0.1) is 6.61 Å². The van der Waals surface area contributed by atoms with E-state index in [1.165, 1.54) is 19.2 Å². The third-order valence-electron chi connectivity index (χ3n) is 3.94. The molecule has 0 spiro atoms. The number of aliphatic hydroxyl groups excluding tert-OH is 3. The summed E-state index contributed by atoms with van der Waals surface area (Å²) in [4.78, 5) is 11.3. The lowest BCUT2D eigenvalue weighted by Gasteiger charge is -2.41. The fourth-order valence-corrected chi connectivity index (χ4v) is 2.69. The second-order valence-corrected chi connectivity index (χ2v) is 5.48. The van der Waals surface area contributed by atoms with Gasteiger partial charge in [0.1, 0.15) is 35.7 Å². The topological polar surface area (TPSA) is 119 Å². The Labute approximate surface area is 136 Å². The molecule has 0 radical (unpaired) electrons. The smallest absolute Gasteiger partial charge is 0.336 e. The van der Waals surface area contributed by atoms with Crippen molar-refractivity contribution in [3.63, 3.8) is 0 Å². The van der Waals surface area contributed by atoms with E-state index in [0.717, 1.165) is 0 Å². The summed E-state index contributed by atoms with van der Waals surface area (Å²) in [6.45, 7) is -0.408. The van der Waals surface area contributed by atoms with Crippen LogP contribution >= 0.6 is 0 Å². The van der Waals surface area contributed by atoms with E-state index in [0.29, 0.717) is 11.0 Å². The van der Waals surface area contributed by atoms with Crippen LogP contribution in [0.4, 0.5) is 0 Å². The highest BCUT2D eigenvalue weighted by atomic mass is 16.7. The molecule has 3 rings (SSSR count). The molecular formula is C16H18O8. The summed E-state index contributed by atoms with van der Waals surface area (Å²) >= 11 is 0. The van der Waals surface area contributed by atoms with Crippen molar-refractivity contribution in [2.75, 3.05) is 13.7 Å². The molecule has 130 valence electrons. The Hall–Kier alpha value is -1.97. The van der Waals surface area contributed by atoms with Crippen molar-refractivity contribution in [1.82, 2.24) is 0 Å². The summed E-state index contributed by atoms with van der Waals surface area (Å²) in [5.74, 6) is 0.278. The van der Waals surface area contributed by atoms with Gasteiger partial charge in [0.25, 0.3) is 0 Å². The highest BCUT2D eigenvalue weighted by Crippen LogP contribution is 2.27. The number of hydrogen-bond donors (Lipinski definition) is 3. The Kier molecular flexibility index (Phi) is 4.83. The van der Waals surface area contributed by atoms with Gasteiger partial charge < -0.3 is 33.9 Å². The lowest BCUT2D eigenvalue weighted by Crippen LogP contribution is -2.60. The first kappa shape index (κ1) is 16.9. The van der Waals surface area contributed by atoms with Crippen molar-refractivity contribution >= 4 is 11.0 Å². The monoisotopic (exact) mass is 338 g/mol. The SMILES string of the molecule is CO[C@H]1[C@H](O)[C@H](O)[C@H](Oc2ccc3ccc(=O)oc3c2)O[C@@H]1CO. The zero-order valence-corrected chi connectivity index (χ0v) is 12.9. The number of ether oxygens (including phenoxy) is 3. The van der Waals surface area contributed by atoms with Crippen molar-refractivity contribution in [2.45, 2.75) is 30.7 Å². The Morgan fingerprint density at radius 2 is 1.92 bits per heavy atom. The van der Waals surface area contributed by atoms with Gasteiger partial charge in [0.15, 0.2) is 0 Å². The summed E-state index contributed by atoms with van der Waals surface area (Å²) in [6, 6.07) is 7.70. The molecule has 1 aliphatic rings. The van der Waals surface area contributed by atoms with Gasteiger partial charge in [-0.3, -0.25) is 0 Å². The minimum absolute atomic E-state index is 0.278. The summed E-state index contributed by atoms with van der Waals surface area (Å²) in [6.07, 6.45) is -5.60. The number of fused-ring (bicyclic) bond motifs is 1. The molecule has 1 aromatic carbocycles. The third kappa shape index (κ3) is 3.14. The molecule has 1 fully saturated rings. The molecule has 0 saturated carbocycles. The second-order valence-electron chi connectivity index (χ2n) is 5.48. The van der Waals surface area contributed by atoms with Crippen LogP contribution in [0.3, 0.4) is 0 Å². The molecule has 0 unspecified atom stereocenters. The van der Waals surface area contributed by atoms with Crippen LogP contribution in [0.2, 0.25) is 0 Å². The van der Waals surface area contributed by atoms with E-state index in [4.69, 9.17) is 18.6 Å². The predicted molar refractivity (Wildman–Crippen MR) is 81.7 cm³/mol. The molecule has 0 bridgehead atoms. The van der Waals surface area contributed by atoms with Crippen LogP contribution in [-0.2, 0) is 9.47 Å². The quantitative estimate of drug-likeness (QED) is 0.646. The van der Waals surface area contributed by atoms with Gasteiger partial charge in [-0.05, 0) is 18.2 Å². The maximum absolute atomic E-state index is 11.3. The molecule has 3 N–H and O–H groups in total. The molecule has 8 nitrogen and oxygen atoms in total. The zero-order valence-electron chi connectivity index (χ0n) is 12.9. The minimum atomic E-state index is -1.38. The number of methoxy groups -OCH3 is 1. The third-order valence-corrected chi connectivity index (χ3v) is 3.94. The van der Waals surface area contributed by atoms with Gasteiger partial charge in [-0.1, -0.05) is 0 Å². The van der Waals surface area contributed by atoms with E-state index in [2.05, 4.69) is 0 Å². The molecule has 8 heteroatoms. The molecule has 1 aliphatic heterocycles. The summed E-state index contributed by atoms with van der Waals surface area (Å²) in [5.41, 5.74) is -0.174. The summed E-state index contributed by atoms with van der Waals surface area (Å²) in [5, 5.41) is 30.3. The first-order chi connectivity index (χ1) is 11.5. The highest BCUT2D eigenvalue weighted by Gasteiger charge is 2.45. The van der Waals surface area contributed by atoms with Crippen LogP contribution in [0.1, 0.15) is 0 Å². The van der Waals surface area contributed by atoms with Gasteiger partial charge in [0.2, 0.25) is 6.29 Å². The van der Waals surface area contributed by atoms with Gasteiger partial charge in [-0.2, -0.15) is 0 Å². The molecule has 0 aliphatic carbocycles. The Balaban J connectivity index is 1.83. The average molecular weight is 338 g/mol. The molecule has 1 saturated heterocycles. The summed E-state index contributed by atoms with van der Waals surface area (Å²) < 4.78 is 21.1. The van der Waals surface area contributed by atoms with Crippen molar-refractivity contribution in [1.29, 1.82) is 0 Å². The van der Waals surface area contributed by atoms with E-state index in [1.54, 1.807) is 18.2 Å². The van der Waals surface area contributed by atoms with Gasteiger partial charge in [0, 0.05) is 24.6 Å². The number of benzene rings is 1. The van der Waals surface area contributed by atoms with Crippen LogP contribution < -0.4 is 10.4 Å². The maximum Gasteiger partial charge on any atom is 0.336 e. The van der Waals surface area contributed by atoms with Crippen LogP contribution in [0.25, 0.3) is 11.0 Å². The Bertz CT molecular complexity index is 755. The average Bonchev–Trinajstić information content (AvgIpc) is 2.58. The second kappa shape index (κ2) is 6.88. The van der Waals surface area contributed by atoms with Gasteiger partial charge in [-0.25, -0.2) is 4.79 Å². The van der Waals surface area contributed by atoms with E-state index in [-0.39, 0.29) is 5.75 Å². The lowest BCUT2D eigenvalue weighted by molar-refractivity contribution is -0.281. The van der Waals surface area contributed by atoms with Crippen LogP contribution in [0.15, 0.2) is 39.5 Å². The summed E-state index contributed by atoms with van der Waals surface area (Å²) in [7, 11) is 1.35. The zero-order chi connectivity index (χ0) is 17.3. The van der Waals surface area contributed by atoms with Crippen LogP contribution in [0, 0.1) is 0 Å². The van der Waals surface area contributed by atoms with Crippen molar-refractivity contribution in [2.24, 2.45) is 0 Å². The number of hydrogen-bond acceptors (Lipinski definition) is 8. The highest BCUT2D eigenvalue weighted by molar-refractivity contribution is 5.77. The first-order valence-electron chi connectivity index (χ1n) is 7.39. The Morgan fingerprint density at radius 3 is 2.62 bits per heavy atom. The van der Waals surface area contributed by atoms with Gasteiger partial charge >= 0.3 is 5.63 Å². The molecule has 0 amide bonds. The molecule has 2 heterocycles. The van der Waals surface area contributed by atoms with Crippen molar-refractivity contribution in [3.8, 4) is 5.75 Å². The first-order valence-corrected chi connectivity index (χ1v) is 7.39. The van der Waals surface area contributed by atoms with E-state index in [9.17, 15) is 20.1 Å². The molecule has 24 heavy (non-hydrogen) atoms. The standard InChI is InChI=1S/C16H18O8/c1-21-15-11(7-17)24-16(14(20)13(15)19)22-9-4-2-8-3-5-12(18)23-10(8)6-9/h2-6,11,13-17,19-20H,7H2,1H3/t11-,13-,14+,15-,16-/m1/s1. The maximum atomic E-state index is 11.3. The fraction of sp³-hybridized carbons (Fsp3) is 0.438. The van der Waals surface area contributed by atoms with Crippen LogP contribution in [0.5, 0.6) is 5.75 Å². The van der Waals surface area contributed by atoms with E-state index in [1.807, 2.05) is 0 Å². The molecule has 5 atom stereocenters. The van der Waals surface area contributed by atoms with E-state index < -0.39 is 42.9 Å². The largest absolute Gasteiger partial charge is 0.462 e. The molecule has 2 aromatic rings. The van der Waals surface area contributed by atoms with Crippen molar-refractivity contribution in [3.05, 3.63) is 40.8 Å². The fourth-order valence-electron chi connectivity index (χ4n) is 2.69. The number of aliphatic hydroxyl groups is 3. The lowest BCUT2D eigenvalue weighted by atomic mass is 9.99. The molecule has 1 aromatic heterocycles. The Morgan fingerprint density at radius 1 is 1.17 bits per heavy atom. The number of rotatable bonds is 4. The van der Waals surface area contributed by atoms with Crippen molar-refractivity contribution < 1.29 is 33.9 Å². The van der Waals surface area contributed by atoms with Crippen LogP contribution in [-0.4, -0.2) is 59.7 Å². The predicted octanol–water partition coefficient (Wildman–Crippen LogP) is -0.374. The van der Waals surface area contributed by atoms with E-state index >= 15 is 0 Å².